The summed E-state index contributed by atoms with van der Waals surface area (Å²) in [5.41, 5.74) is -0.247. The molecule has 50 valence electrons. The smallest absolute Gasteiger partial charge is 0.124 e. The molecule has 0 aliphatic heterocycles. The third-order valence-corrected chi connectivity index (χ3v) is 1.96. The lowest BCUT2D eigenvalue weighted by molar-refractivity contribution is 0.487. The average molecular weight is 133 g/mol. The first-order valence-electron chi connectivity index (χ1n) is 3.33. The van der Waals surface area contributed by atoms with E-state index >= 15 is 0 Å². The molecule has 1 aromatic rings. The summed E-state index contributed by atoms with van der Waals surface area (Å²) in [6.45, 7) is 0. The third-order valence-electron chi connectivity index (χ3n) is 1.96. The number of hydrogen-bond donors (Lipinski definition) is 0. The van der Waals surface area contributed by atoms with Crippen molar-refractivity contribution in [1.29, 1.82) is 5.26 Å². The SMILES string of the molecule is N#CC1(c2ccco2)CC1. The molecule has 0 unspecified atom stereocenters. The Balaban J connectivity index is 2.38. The molecule has 0 N–H and O–H groups in total. The van der Waals surface area contributed by atoms with Gasteiger partial charge in [0.2, 0.25) is 0 Å². The minimum absolute atomic E-state index is 0.247. The van der Waals surface area contributed by atoms with E-state index in [0.717, 1.165) is 18.6 Å². The van der Waals surface area contributed by atoms with Gasteiger partial charge in [-0.15, -0.1) is 0 Å². The molecule has 2 heteroatoms. The molecule has 0 atom stereocenters. The molecule has 2 rings (SSSR count). The molecule has 1 aliphatic carbocycles. The van der Waals surface area contributed by atoms with Gasteiger partial charge in [-0.1, -0.05) is 0 Å². The summed E-state index contributed by atoms with van der Waals surface area (Å²) < 4.78 is 5.13. The highest BCUT2D eigenvalue weighted by Gasteiger charge is 2.47. The van der Waals surface area contributed by atoms with Gasteiger partial charge in [0, 0.05) is 0 Å². The van der Waals surface area contributed by atoms with Crippen molar-refractivity contribution >= 4 is 0 Å². The Morgan fingerprint density at radius 1 is 1.60 bits per heavy atom. The van der Waals surface area contributed by atoms with Crippen LogP contribution in [0.2, 0.25) is 0 Å². The van der Waals surface area contributed by atoms with Gasteiger partial charge in [0.25, 0.3) is 0 Å². The second kappa shape index (κ2) is 1.63. The van der Waals surface area contributed by atoms with Crippen LogP contribution in [0.1, 0.15) is 18.6 Å². The van der Waals surface area contributed by atoms with Crippen molar-refractivity contribution in [2.75, 3.05) is 0 Å². The van der Waals surface area contributed by atoms with E-state index in [1.54, 1.807) is 6.26 Å². The number of nitriles is 1. The molecule has 1 heterocycles. The van der Waals surface area contributed by atoms with E-state index in [4.69, 9.17) is 9.68 Å². The van der Waals surface area contributed by atoms with E-state index in [1.165, 1.54) is 0 Å². The van der Waals surface area contributed by atoms with Gasteiger partial charge in [-0.3, -0.25) is 0 Å². The second-order valence-electron chi connectivity index (χ2n) is 2.67. The van der Waals surface area contributed by atoms with Crippen molar-refractivity contribution in [3.63, 3.8) is 0 Å². The summed E-state index contributed by atoms with van der Waals surface area (Å²) in [6, 6.07) is 5.96. The normalized spacial score (nSPS) is 19.9. The Labute approximate surface area is 59.1 Å². The lowest BCUT2D eigenvalue weighted by Crippen LogP contribution is -1.98. The van der Waals surface area contributed by atoms with Crippen molar-refractivity contribution in [2.24, 2.45) is 0 Å². The van der Waals surface area contributed by atoms with E-state index in [-0.39, 0.29) is 5.41 Å². The monoisotopic (exact) mass is 133 g/mol. The molecule has 1 aromatic heterocycles. The average Bonchev–Trinajstić information content (AvgIpc) is 2.58. The number of hydrogen-bond acceptors (Lipinski definition) is 2. The van der Waals surface area contributed by atoms with Crippen molar-refractivity contribution in [3.8, 4) is 6.07 Å². The molecule has 0 saturated heterocycles. The quantitative estimate of drug-likeness (QED) is 0.586. The largest absolute Gasteiger partial charge is 0.468 e. The Kier molecular flexibility index (Phi) is 0.906. The zero-order valence-electron chi connectivity index (χ0n) is 5.50. The van der Waals surface area contributed by atoms with Gasteiger partial charge in [-0.2, -0.15) is 5.26 Å². The molecule has 10 heavy (non-hydrogen) atoms. The molecule has 2 nitrogen and oxygen atoms in total. The Morgan fingerprint density at radius 2 is 2.40 bits per heavy atom. The van der Waals surface area contributed by atoms with Crippen LogP contribution in [-0.2, 0) is 5.41 Å². The zero-order chi connectivity index (χ0) is 7.03. The van der Waals surface area contributed by atoms with Crippen molar-refractivity contribution in [3.05, 3.63) is 24.2 Å². The number of nitrogens with zero attached hydrogens (tertiary/aromatic N) is 1. The molecule has 1 saturated carbocycles. The van der Waals surface area contributed by atoms with Crippen molar-refractivity contribution in [1.82, 2.24) is 0 Å². The molecule has 1 fully saturated rings. The third kappa shape index (κ3) is 0.577. The fraction of sp³-hybridized carbons (Fsp3) is 0.375. The van der Waals surface area contributed by atoms with Crippen LogP contribution in [-0.4, -0.2) is 0 Å². The predicted octanol–water partition coefficient (Wildman–Crippen LogP) is 1.83. The van der Waals surface area contributed by atoms with E-state index in [0.29, 0.717) is 0 Å². The van der Waals surface area contributed by atoms with Crippen molar-refractivity contribution < 1.29 is 4.42 Å². The highest BCUT2D eigenvalue weighted by Crippen LogP contribution is 2.47. The lowest BCUT2D eigenvalue weighted by atomic mass is 10.1. The van der Waals surface area contributed by atoms with Crippen LogP contribution in [0.15, 0.2) is 22.8 Å². The van der Waals surface area contributed by atoms with Crippen LogP contribution in [0.5, 0.6) is 0 Å². The summed E-state index contributed by atoms with van der Waals surface area (Å²) in [7, 11) is 0. The van der Waals surface area contributed by atoms with Crippen LogP contribution in [0, 0.1) is 11.3 Å². The van der Waals surface area contributed by atoms with Crippen LogP contribution in [0.25, 0.3) is 0 Å². The van der Waals surface area contributed by atoms with Crippen LogP contribution >= 0.6 is 0 Å². The number of furan rings is 1. The predicted molar refractivity (Wildman–Crippen MR) is 35.2 cm³/mol. The molecular weight excluding hydrogens is 126 g/mol. The first-order chi connectivity index (χ1) is 4.87. The summed E-state index contributed by atoms with van der Waals surface area (Å²) in [5, 5.41) is 8.72. The summed E-state index contributed by atoms with van der Waals surface area (Å²) in [4.78, 5) is 0. The van der Waals surface area contributed by atoms with Crippen LogP contribution in [0.3, 0.4) is 0 Å². The van der Waals surface area contributed by atoms with Gasteiger partial charge in [-0.25, -0.2) is 0 Å². The second-order valence-corrected chi connectivity index (χ2v) is 2.67. The highest BCUT2D eigenvalue weighted by molar-refractivity contribution is 5.31. The van der Waals surface area contributed by atoms with Gasteiger partial charge in [0.15, 0.2) is 0 Å². The summed E-state index contributed by atoms with van der Waals surface area (Å²) in [5.74, 6) is 0.829. The highest BCUT2D eigenvalue weighted by atomic mass is 16.3. The van der Waals surface area contributed by atoms with E-state index < -0.39 is 0 Å². The molecule has 0 aromatic carbocycles. The molecule has 0 bridgehead atoms. The maximum absolute atomic E-state index is 8.72. The van der Waals surface area contributed by atoms with E-state index in [1.807, 2.05) is 12.1 Å². The maximum atomic E-state index is 8.72. The van der Waals surface area contributed by atoms with E-state index in [2.05, 4.69) is 6.07 Å². The summed E-state index contributed by atoms with van der Waals surface area (Å²) in [6.07, 6.45) is 3.53. The van der Waals surface area contributed by atoms with Crippen molar-refractivity contribution in [2.45, 2.75) is 18.3 Å². The lowest BCUT2D eigenvalue weighted by Gasteiger charge is -1.96. The maximum Gasteiger partial charge on any atom is 0.124 e. The van der Waals surface area contributed by atoms with Gasteiger partial charge in [0.1, 0.15) is 11.2 Å². The van der Waals surface area contributed by atoms with Crippen LogP contribution in [0.4, 0.5) is 0 Å². The Bertz CT molecular complexity index is 264. The Morgan fingerprint density at radius 3 is 2.80 bits per heavy atom. The minimum atomic E-state index is -0.247. The molecule has 0 amide bonds. The fourth-order valence-corrected chi connectivity index (χ4v) is 1.09. The van der Waals surface area contributed by atoms with Gasteiger partial charge in [0.05, 0.1) is 12.3 Å². The standard InChI is InChI=1S/C8H7NO/c9-6-8(3-4-8)7-2-1-5-10-7/h1-2,5H,3-4H2. The van der Waals surface area contributed by atoms with E-state index in [9.17, 15) is 0 Å². The molecule has 0 radical (unpaired) electrons. The van der Waals surface area contributed by atoms with Gasteiger partial charge >= 0.3 is 0 Å². The molecule has 0 spiro atoms. The van der Waals surface area contributed by atoms with Gasteiger partial charge < -0.3 is 4.42 Å². The minimum Gasteiger partial charge on any atom is -0.468 e. The topological polar surface area (TPSA) is 36.9 Å². The fourth-order valence-electron chi connectivity index (χ4n) is 1.09. The first kappa shape index (κ1) is 5.55. The Hall–Kier alpha value is -1.23. The molecule has 1 aliphatic rings. The zero-order valence-corrected chi connectivity index (χ0v) is 5.50. The number of rotatable bonds is 1. The molecular formula is C8H7NO. The van der Waals surface area contributed by atoms with Gasteiger partial charge in [-0.05, 0) is 25.0 Å². The summed E-state index contributed by atoms with van der Waals surface area (Å²) >= 11 is 0. The first-order valence-corrected chi connectivity index (χ1v) is 3.33. The van der Waals surface area contributed by atoms with Crippen LogP contribution < -0.4 is 0 Å².